The topological polar surface area (TPSA) is 58.1 Å². The molecule has 150 valence electrons. The first kappa shape index (κ1) is 19.4. The van der Waals surface area contributed by atoms with Crippen LogP contribution in [0.15, 0.2) is 48.5 Å². The molecule has 1 amide bonds. The second kappa shape index (κ2) is 8.60. The molecule has 0 aliphatic carbocycles. The van der Waals surface area contributed by atoms with Crippen molar-refractivity contribution in [2.75, 3.05) is 24.5 Å². The average Bonchev–Trinajstić information content (AvgIpc) is 2.74. The van der Waals surface area contributed by atoms with E-state index >= 15 is 0 Å². The fourth-order valence-electron chi connectivity index (χ4n) is 4.02. The van der Waals surface area contributed by atoms with Crippen LogP contribution in [0.2, 0.25) is 0 Å². The van der Waals surface area contributed by atoms with Crippen molar-refractivity contribution >= 4 is 22.8 Å². The van der Waals surface area contributed by atoms with Gasteiger partial charge in [0.2, 0.25) is 11.9 Å². The van der Waals surface area contributed by atoms with Crippen LogP contribution in [-0.2, 0) is 11.2 Å². The van der Waals surface area contributed by atoms with Crippen molar-refractivity contribution in [2.45, 2.75) is 33.1 Å². The molecule has 1 unspecified atom stereocenters. The SMILES string of the molecule is Cc1ccc2c(C)nc(N3CCCC(C(=O)NCCc4ccccc4)C3)nc2c1. The van der Waals surface area contributed by atoms with Crippen molar-refractivity contribution in [1.29, 1.82) is 0 Å². The molecule has 29 heavy (non-hydrogen) atoms. The van der Waals surface area contributed by atoms with Crippen LogP contribution < -0.4 is 10.2 Å². The number of rotatable bonds is 5. The monoisotopic (exact) mass is 388 g/mol. The molecule has 2 aromatic carbocycles. The van der Waals surface area contributed by atoms with Crippen LogP contribution in [0.3, 0.4) is 0 Å². The van der Waals surface area contributed by atoms with Gasteiger partial charge in [-0.1, -0.05) is 42.5 Å². The second-order valence-corrected chi connectivity index (χ2v) is 7.94. The van der Waals surface area contributed by atoms with E-state index in [-0.39, 0.29) is 11.8 Å². The summed E-state index contributed by atoms with van der Waals surface area (Å²) in [6.07, 6.45) is 2.75. The van der Waals surface area contributed by atoms with E-state index < -0.39 is 0 Å². The minimum absolute atomic E-state index is 0.0170. The van der Waals surface area contributed by atoms with Crippen molar-refractivity contribution in [1.82, 2.24) is 15.3 Å². The number of aromatic nitrogens is 2. The maximum absolute atomic E-state index is 12.7. The van der Waals surface area contributed by atoms with Crippen LogP contribution >= 0.6 is 0 Å². The van der Waals surface area contributed by atoms with Gasteiger partial charge in [-0.15, -0.1) is 0 Å². The summed E-state index contributed by atoms with van der Waals surface area (Å²) in [6, 6.07) is 16.5. The zero-order valence-corrected chi connectivity index (χ0v) is 17.2. The first-order chi connectivity index (χ1) is 14.1. The number of hydrogen-bond donors (Lipinski definition) is 1. The number of anilines is 1. The summed E-state index contributed by atoms with van der Waals surface area (Å²) in [6.45, 7) is 6.34. The van der Waals surface area contributed by atoms with Crippen LogP contribution in [0.5, 0.6) is 0 Å². The Hall–Kier alpha value is -2.95. The highest BCUT2D eigenvalue weighted by Gasteiger charge is 2.27. The van der Waals surface area contributed by atoms with Crippen molar-refractivity contribution < 1.29 is 4.79 Å². The first-order valence-corrected chi connectivity index (χ1v) is 10.4. The number of fused-ring (bicyclic) bond motifs is 1. The van der Waals surface area contributed by atoms with E-state index in [1.54, 1.807) is 0 Å². The molecule has 1 saturated heterocycles. The van der Waals surface area contributed by atoms with Gasteiger partial charge in [0.15, 0.2) is 0 Å². The molecule has 1 aliphatic rings. The number of aryl methyl sites for hydroxylation is 2. The quantitative estimate of drug-likeness (QED) is 0.722. The minimum Gasteiger partial charge on any atom is -0.355 e. The summed E-state index contributed by atoms with van der Waals surface area (Å²) < 4.78 is 0. The van der Waals surface area contributed by atoms with Gasteiger partial charge in [-0.05, 0) is 50.3 Å². The third kappa shape index (κ3) is 4.56. The molecule has 3 aromatic rings. The first-order valence-electron chi connectivity index (χ1n) is 10.4. The van der Waals surface area contributed by atoms with E-state index in [9.17, 15) is 4.79 Å². The maximum Gasteiger partial charge on any atom is 0.226 e. The van der Waals surface area contributed by atoms with Gasteiger partial charge in [-0.2, -0.15) is 0 Å². The highest BCUT2D eigenvalue weighted by molar-refractivity contribution is 5.83. The molecule has 1 fully saturated rings. The summed E-state index contributed by atoms with van der Waals surface area (Å²) in [5, 5.41) is 4.20. The number of nitrogens with zero attached hydrogens (tertiary/aromatic N) is 3. The largest absolute Gasteiger partial charge is 0.355 e. The van der Waals surface area contributed by atoms with Crippen molar-refractivity contribution in [3.05, 3.63) is 65.4 Å². The highest BCUT2D eigenvalue weighted by Crippen LogP contribution is 2.24. The van der Waals surface area contributed by atoms with Crippen molar-refractivity contribution in [3.63, 3.8) is 0 Å². The third-order valence-corrected chi connectivity index (χ3v) is 5.66. The molecular weight excluding hydrogens is 360 g/mol. The molecule has 0 bridgehead atoms. The Labute approximate surface area is 172 Å². The standard InChI is InChI=1S/C24H28N4O/c1-17-10-11-21-18(2)26-24(27-22(21)15-17)28-14-6-9-20(16-28)23(29)25-13-12-19-7-4-3-5-8-19/h3-5,7-8,10-11,15,20H,6,9,12-14,16H2,1-2H3,(H,25,29). The Balaban J connectivity index is 1.41. The number of benzene rings is 2. The molecule has 0 saturated carbocycles. The van der Waals surface area contributed by atoms with Gasteiger partial charge in [0.1, 0.15) is 0 Å². The van der Waals surface area contributed by atoms with E-state index in [0.717, 1.165) is 48.4 Å². The van der Waals surface area contributed by atoms with Gasteiger partial charge in [0.25, 0.3) is 0 Å². The number of piperidine rings is 1. The molecule has 5 nitrogen and oxygen atoms in total. The maximum atomic E-state index is 12.7. The molecule has 0 radical (unpaired) electrons. The number of nitrogens with one attached hydrogen (secondary N) is 1. The van der Waals surface area contributed by atoms with Crippen LogP contribution in [-0.4, -0.2) is 35.5 Å². The second-order valence-electron chi connectivity index (χ2n) is 7.94. The van der Waals surface area contributed by atoms with E-state index in [1.165, 1.54) is 11.1 Å². The fraction of sp³-hybridized carbons (Fsp3) is 0.375. The molecule has 4 rings (SSSR count). The zero-order chi connectivity index (χ0) is 20.2. The lowest BCUT2D eigenvalue weighted by atomic mass is 9.97. The van der Waals surface area contributed by atoms with Crippen LogP contribution in [0.4, 0.5) is 5.95 Å². The predicted molar refractivity (Wildman–Crippen MR) is 117 cm³/mol. The van der Waals surface area contributed by atoms with Crippen molar-refractivity contribution in [3.8, 4) is 0 Å². The Morgan fingerprint density at radius 2 is 1.97 bits per heavy atom. The van der Waals surface area contributed by atoms with E-state index in [1.807, 2.05) is 25.1 Å². The molecule has 1 aliphatic heterocycles. The summed E-state index contributed by atoms with van der Waals surface area (Å²) in [4.78, 5) is 24.4. The lowest BCUT2D eigenvalue weighted by molar-refractivity contribution is -0.125. The molecular formula is C24H28N4O. The summed E-state index contributed by atoms with van der Waals surface area (Å²) >= 11 is 0. The number of carbonyl (C=O) groups is 1. The molecule has 5 heteroatoms. The van der Waals surface area contributed by atoms with Gasteiger partial charge in [-0.25, -0.2) is 9.97 Å². The van der Waals surface area contributed by atoms with Gasteiger partial charge in [0.05, 0.1) is 17.1 Å². The van der Waals surface area contributed by atoms with Gasteiger partial charge in [-0.3, -0.25) is 4.79 Å². The van der Waals surface area contributed by atoms with Gasteiger partial charge < -0.3 is 10.2 Å². The lowest BCUT2D eigenvalue weighted by Crippen LogP contribution is -2.44. The Morgan fingerprint density at radius 1 is 1.14 bits per heavy atom. The van der Waals surface area contributed by atoms with E-state index in [2.05, 4.69) is 47.5 Å². The van der Waals surface area contributed by atoms with Gasteiger partial charge in [0, 0.05) is 25.0 Å². The van der Waals surface area contributed by atoms with Crippen molar-refractivity contribution in [2.24, 2.45) is 5.92 Å². The normalized spacial score (nSPS) is 16.8. The molecule has 0 spiro atoms. The number of amides is 1. The molecule has 1 atom stereocenters. The summed E-state index contributed by atoms with van der Waals surface area (Å²) in [5.74, 6) is 0.859. The predicted octanol–water partition coefficient (Wildman–Crippen LogP) is 3.82. The van der Waals surface area contributed by atoms with E-state index in [4.69, 9.17) is 9.97 Å². The summed E-state index contributed by atoms with van der Waals surface area (Å²) in [7, 11) is 0. The highest BCUT2D eigenvalue weighted by atomic mass is 16.1. The number of hydrogen-bond acceptors (Lipinski definition) is 4. The molecule has 2 heterocycles. The minimum atomic E-state index is -0.0170. The molecule has 1 N–H and O–H groups in total. The smallest absolute Gasteiger partial charge is 0.226 e. The number of carbonyl (C=O) groups excluding carboxylic acids is 1. The zero-order valence-electron chi connectivity index (χ0n) is 17.2. The summed E-state index contributed by atoms with van der Waals surface area (Å²) in [5.41, 5.74) is 4.39. The Morgan fingerprint density at radius 3 is 2.79 bits per heavy atom. The van der Waals surface area contributed by atoms with Gasteiger partial charge >= 0.3 is 0 Å². The third-order valence-electron chi connectivity index (χ3n) is 5.66. The Kier molecular flexibility index (Phi) is 5.74. The average molecular weight is 389 g/mol. The lowest BCUT2D eigenvalue weighted by Gasteiger charge is -2.32. The van der Waals surface area contributed by atoms with Crippen LogP contribution in [0, 0.1) is 19.8 Å². The Bertz CT molecular complexity index is 1000. The fourth-order valence-corrected chi connectivity index (χ4v) is 4.02. The van der Waals surface area contributed by atoms with E-state index in [0.29, 0.717) is 13.1 Å². The molecule has 1 aromatic heterocycles. The van der Waals surface area contributed by atoms with Crippen LogP contribution in [0.25, 0.3) is 10.9 Å². The van der Waals surface area contributed by atoms with Crippen LogP contribution in [0.1, 0.15) is 29.7 Å².